The van der Waals surface area contributed by atoms with Gasteiger partial charge in [0.1, 0.15) is 17.5 Å². The zero-order chi connectivity index (χ0) is 14.0. The summed E-state index contributed by atoms with van der Waals surface area (Å²) in [6.07, 6.45) is 1.37. The van der Waals surface area contributed by atoms with Crippen molar-refractivity contribution in [3.05, 3.63) is 58.2 Å². The first-order valence-electron chi connectivity index (χ1n) is 5.35. The smallest absolute Gasteiger partial charge is 0.131 e. The minimum atomic E-state index is -0.771. The first-order chi connectivity index (χ1) is 9.02. The van der Waals surface area contributed by atoms with E-state index in [0.717, 1.165) is 12.1 Å². The van der Waals surface area contributed by atoms with Crippen LogP contribution >= 0.6 is 11.6 Å². The summed E-state index contributed by atoms with van der Waals surface area (Å²) in [5.74, 6) is 4.18. The SMILES string of the molecule is NNC(c1ccc(F)cc1F)c1cc(Cl)cnc1N. The number of hydrogen-bond donors (Lipinski definition) is 3. The fraction of sp³-hybridized carbons (Fsp3) is 0.0833. The molecular weight excluding hydrogens is 274 g/mol. The summed E-state index contributed by atoms with van der Waals surface area (Å²) in [4.78, 5) is 3.87. The molecule has 1 aromatic carbocycles. The molecule has 0 saturated heterocycles. The molecule has 0 amide bonds. The highest BCUT2D eigenvalue weighted by molar-refractivity contribution is 6.30. The van der Waals surface area contributed by atoms with E-state index in [1.807, 2.05) is 0 Å². The van der Waals surface area contributed by atoms with E-state index in [4.69, 9.17) is 23.2 Å². The van der Waals surface area contributed by atoms with Crippen LogP contribution in [0.5, 0.6) is 0 Å². The highest BCUT2D eigenvalue weighted by Crippen LogP contribution is 2.29. The van der Waals surface area contributed by atoms with E-state index in [2.05, 4.69) is 10.4 Å². The number of hydrazine groups is 1. The number of nitrogen functional groups attached to an aromatic ring is 1. The van der Waals surface area contributed by atoms with Gasteiger partial charge < -0.3 is 5.73 Å². The summed E-state index contributed by atoms with van der Waals surface area (Å²) in [5, 5.41) is 0.340. The topological polar surface area (TPSA) is 77.0 Å². The number of hydrogen-bond acceptors (Lipinski definition) is 4. The summed E-state index contributed by atoms with van der Waals surface area (Å²) in [6.45, 7) is 0. The third kappa shape index (κ3) is 2.81. The van der Waals surface area contributed by atoms with Crippen molar-refractivity contribution >= 4 is 17.4 Å². The first-order valence-corrected chi connectivity index (χ1v) is 5.72. The third-order valence-corrected chi connectivity index (χ3v) is 2.87. The lowest BCUT2D eigenvalue weighted by atomic mass is 9.99. The number of pyridine rings is 1. The molecule has 4 nitrogen and oxygen atoms in total. The Bertz CT molecular complexity index is 606. The number of aromatic nitrogens is 1. The number of rotatable bonds is 3. The lowest BCUT2D eigenvalue weighted by Crippen LogP contribution is -2.30. The van der Waals surface area contributed by atoms with Crippen LogP contribution in [0.15, 0.2) is 30.5 Å². The number of nitrogens with zero attached hydrogens (tertiary/aromatic N) is 1. The Morgan fingerprint density at radius 1 is 1.21 bits per heavy atom. The van der Waals surface area contributed by atoms with Gasteiger partial charge in [-0.25, -0.2) is 19.2 Å². The van der Waals surface area contributed by atoms with Crippen LogP contribution in [-0.4, -0.2) is 4.98 Å². The molecule has 0 radical (unpaired) electrons. The number of halogens is 3. The number of anilines is 1. The molecule has 7 heteroatoms. The summed E-state index contributed by atoms with van der Waals surface area (Å²) >= 11 is 5.83. The number of nitrogens with two attached hydrogens (primary N) is 2. The fourth-order valence-corrected chi connectivity index (χ4v) is 1.95. The Hall–Kier alpha value is -1.76. The van der Waals surface area contributed by atoms with Gasteiger partial charge in [0.25, 0.3) is 0 Å². The summed E-state index contributed by atoms with van der Waals surface area (Å²) in [6, 6.07) is 3.95. The van der Waals surface area contributed by atoms with Crippen molar-refractivity contribution in [3.63, 3.8) is 0 Å². The lowest BCUT2D eigenvalue weighted by molar-refractivity contribution is 0.541. The van der Waals surface area contributed by atoms with Crippen LogP contribution in [0.2, 0.25) is 5.02 Å². The van der Waals surface area contributed by atoms with Crippen molar-refractivity contribution in [3.8, 4) is 0 Å². The maximum absolute atomic E-state index is 13.8. The Kier molecular flexibility index (Phi) is 3.94. The Morgan fingerprint density at radius 2 is 1.95 bits per heavy atom. The molecule has 0 saturated carbocycles. The Balaban J connectivity index is 2.52. The minimum Gasteiger partial charge on any atom is -0.383 e. The molecule has 1 aromatic heterocycles. The normalized spacial score (nSPS) is 12.4. The molecule has 0 spiro atoms. The van der Waals surface area contributed by atoms with Crippen LogP contribution in [0.3, 0.4) is 0 Å². The monoisotopic (exact) mass is 284 g/mol. The van der Waals surface area contributed by atoms with E-state index in [1.54, 1.807) is 0 Å². The van der Waals surface area contributed by atoms with Crippen molar-refractivity contribution in [1.29, 1.82) is 0 Å². The van der Waals surface area contributed by atoms with Gasteiger partial charge in [0, 0.05) is 23.4 Å². The molecule has 0 bridgehead atoms. The number of benzene rings is 1. The second-order valence-electron chi connectivity index (χ2n) is 3.89. The first kappa shape index (κ1) is 13.7. The van der Waals surface area contributed by atoms with Gasteiger partial charge in [-0.1, -0.05) is 17.7 Å². The number of nitrogens with one attached hydrogen (secondary N) is 1. The molecule has 1 atom stereocenters. The van der Waals surface area contributed by atoms with E-state index in [-0.39, 0.29) is 11.4 Å². The summed E-state index contributed by atoms with van der Waals surface area (Å²) < 4.78 is 26.7. The van der Waals surface area contributed by atoms with E-state index in [1.165, 1.54) is 18.3 Å². The molecular formula is C12H11ClF2N4. The zero-order valence-electron chi connectivity index (χ0n) is 9.70. The molecule has 0 aliphatic heterocycles. The maximum atomic E-state index is 13.8. The van der Waals surface area contributed by atoms with Gasteiger partial charge in [-0.3, -0.25) is 5.84 Å². The molecule has 2 aromatic rings. The molecule has 5 N–H and O–H groups in total. The van der Waals surface area contributed by atoms with Gasteiger partial charge in [-0.05, 0) is 12.1 Å². The zero-order valence-corrected chi connectivity index (χ0v) is 10.5. The van der Waals surface area contributed by atoms with Crippen LogP contribution in [0.1, 0.15) is 17.2 Å². The lowest BCUT2D eigenvalue weighted by Gasteiger charge is -2.19. The Morgan fingerprint density at radius 3 is 2.58 bits per heavy atom. The van der Waals surface area contributed by atoms with Crippen LogP contribution in [0, 0.1) is 11.6 Å². The fourth-order valence-electron chi connectivity index (χ4n) is 1.78. The van der Waals surface area contributed by atoms with Gasteiger partial charge in [0.2, 0.25) is 0 Å². The largest absolute Gasteiger partial charge is 0.383 e. The second-order valence-corrected chi connectivity index (χ2v) is 4.33. The van der Waals surface area contributed by atoms with E-state index in [0.29, 0.717) is 10.6 Å². The van der Waals surface area contributed by atoms with Crippen molar-refractivity contribution in [2.45, 2.75) is 6.04 Å². The van der Waals surface area contributed by atoms with Gasteiger partial charge in [0.05, 0.1) is 11.1 Å². The summed E-state index contributed by atoms with van der Waals surface area (Å²) in [5.41, 5.74) is 8.71. The van der Waals surface area contributed by atoms with Crippen LogP contribution in [0.4, 0.5) is 14.6 Å². The predicted octanol–water partition coefficient (Wildman–Crippen LogP) is 2.15. The molecule has 100 valence electrons. The Labute approximate surface area is 113 Å². The molecule has 19 heavy (non-hydrogen) atoms. The average Bonchev–Trinajstić information content (AvgIpc) is 2.36. The molecule has 2 rings (SSSR count). The van der Waals surface area contributed by atoms with E-state index < -0.39 is 17.7 Å². The van der Waals surface area contributed by atoms with Gasteiger partial charge in [-0.15, -0.1) is 0 Å². The van der Waals surface area contributed by atoms with Crippen LogP contribution in [0.25, 0.3) is 0 Å². The van der Waals surface area contributed by atoms with Gasteiger partial charge >= 0.3 is 0 Å². The van der Waals surface area contributed by atoms with Crippen molar-refractivity contribution in [1.82, 2.24) is 10.4 Å². The predicted molar refractivity (Wildman–Crippen MR) is 69.2 cm³/mol. The van der Waals surface area contributed by atoms with E-state index >= 15 is 0 Å². The molecule has 0 aliphatic carbocycles. The van der Waals surface area contributed by atoms with E-state index in [9.17, 15) is 8.78 Å². The van der Waals surface area contributed by atoms with Crippen molar-refractivity contribution in [2.24, 2.45) is 5.84 Å². The van der Waals surface area contributed by atoms with Crippen LogP contribution in [-0.2, 0) is 0 Å². The van der Waals surface area contributed by atoms with Gasteiger partial charge in [0.15, 0.2) is 0 Å². The molecule has 1 unspecified atom stereocenters. The standard InChI is InChI=1S/C12H11ClF2N4/c13-6-3-9(12(16)18-5-6)11(19-17)8-2-1-7(14)4-10(8)15/h1-5,11,19H,17H2,(H2,16,18). The minimum absolute atomic E-state index is 0.152. The van der Waals surface area contributed by atoms with Crippen LogP contribution < -0.4 is 17.0 Å². The highest BCUT2D eigenvalue weighted by Gasteiger charge is 2.20. The molecule has 0 fully saturated rings. The third-order valence-electron chi connectivity index (χ3n) is 2.67. The summed E-state index contributed by atoms with van der Waals surface area (Å²) in [7, 11) is 0. The average molecular weight is 285 g/mol. The van der Waals surface area contributed by atoms with Crippen molar-refractivity contribution < 1.29 is 8.78 Å². The quantitative estimate of drug-likeness (QED) is 0.596. The molecule has 1 heterocycles. The highest BCUT2D eigenvalue weighted by atomic mass is 35.5. The second kappa shape index (κ2) is 5.48. The van der Waals surface area contributed by atoms with Crippen molar-refractivity contribution in [2.75, 3.05) is 5.73 Å². The molecule has 0 aliphatic rings. The van der Waals surface area contributed by atoms with Gasteiger partial charge in [-0.2, -0.15) is 0 Å². The maximum Gasteiger partial charge on any atom is 0.131 e.